The van der Waals surface area contributed by atoms with E-state index >= 15 is 0 Å². The van der Waals surface area contributed by atoms with E-state index in [0.29, 0.717) is 5.92 Å². The molecule has 0 aliphatic heterocycles. The first-order chi connectivity index (χ1) is 8.25. The van der Waals surface area contributed by atoms with E-state index in [9.17, 15) is 0 Å². The quantitative estimate of drug-likeness (QED) is 0.830. The first-order valence-corrected chi connectivity index (χ1v) is 6.85. The fraction of sp³-hybridized carbons (Fsp3) is 0.462. The zero-order chi connectivity index (χ0) is 12.7. The summed E-state index contributed by atoms with van der Waals surface area (Å²) in [6, 6.07) is 4.13. The molecular weight excluding hydrogens is 230 g/mol. The van der Waals surface area contributed by atoms with Gasteiger partial charge in [0, 0.05) is 6.20 Å². The lowest BCUT2D eigenvalue weighted by molar-refractivity contribution is 0.646. The van der Waals surface area contributed by atoms with Crippen molar-refractivity contribution in [3.8, 4) is 10.7 Å². The van der Waals surface area contributed by atoms with Gasteiger partial charge in [0.05, 0.1) is 0 Å². The van der Waals surface area contributed by atoms with Gasteiger partial charge >= 0.3 is 0 Å². The monoisotopic (exact) mass is 249 g/mol. The van der Waals surface area contributed by atoms with Crippen LogP contribution in [0.1, 0.15) is 33.3 Å². The van der Waals surface area contributed by atoms with E-state index in [1.807, 2.05) is 26.1 Å². The highest BCUT2D eigenvalue weighted by Crippen LogP contribution is 2.18. The highest BCUT2D eigenvalue weighted by Gasteiger charge is 2.03. The lowest BCUT2D eigenvalue weighted by atomic mass is 10.0. The average Bonchev–Trinajstić information content (AvgIpc) is 2.85. The van der Waals surface area contributed by atoms with E-state index in [4.69, 9.17) is 0 Å². The van der Waals surface area contributed by atoms with Crippen molar-refractivity contribution >= 4 is 11.3 Å². The van der Waals surface area contributed by atoms with Crippen molar-refractivity contribution in [2.45, 2.75) is 34.1 Å². The van der Waals surface area contributed by atoms with E-state index in [0.717, 1.165) is 17.1 Å². The van der Waals surface area contributed by atoms with Crippen molar-refractivity contribution in [2.75, 3.05) is 0 Å². The van der Waals surface area contributed by atoms with Crippen LogP contribution in [0, 0.1) is 5.92 Å². The standard InChI is InChI=1S/C11H13N3S.C2H6/c1-8(2)5-9-3-4-10(12-6-9)11-14-13-7-15-11;1-2/h3-4,6-8H,5H2,1-2H3;1-2H3. The predicted molar refractivity (Wildman–Crippen MR) is 73.0 cm³/mol. The highest BCUT2D eigenvalue weighted by atomic mass is 32.1. The van der Waals surface area contributed by atoms with E-state index in [2.05, 4.69) is 35.1 Å². The molecule has 3 nitrogen and oxygen atoms in total. The van der Waals surface area contributed by atoms with Crippen LogP contribution < -0.4 is 0 Å². The molecule has 0 atom stereocenters. The van der Waals surface area contributed by atoms with Crippen molar-refractivity contribution in [1.82, 2.24) is 15.2 Å². The van der Waals surface area contributed by atoms with E-state index < -0.39 is 0 Å². The van der Waals surface area contributed by atoms with Crippen LogP contribution in [-0.4, -0.2) is 15.2 Å². The summed E-state index contributed by atoms with van der Waals surface area (Å²) in [6.07, 6.45) is 3.00. The summed E-state index contributed by atoms with van der Waals surface area (Å²) in [5, 5.41) is 8.66. The lowest BCUT2D eigenvalue weighted by Gasteiger charge is -2.04. The maximum atomic E-state index is 4.38. The summed E-state index contributed by atoms with van der Waals surface area (Å²) in [7, 11) is 0. The Morgan fingerprint density at radius 1 is 1.24 bits per heavy atom. The van der Waals surface area contributed by atoms with Gasteiger partial charge < -0.3 is 0 Å². The predicted octanol–water partition coefficient (Wildman–Crippen LogP) is 3.82. The number of hydrogen-bond acceptors (Lipinski definition) is 4. The van der Waals surface area contributed by atoms with Gasteiger partial charge in [0.1, 0.15) is 11.2 Å². The van der Waals surface area contributed by atoms with Crippen molar-refractivity contribution in [2.24, 2.45) is 5.92 Å². The minimum Gasteiger partial charge on any atom is -0.253 e. The van der Waals surface area contributed by atoms with Crippen molar-refractivity contribution in [3.63, 3.8) is 0 Å². The number of aromatic nitrogens is 3. The van der Waals surface area contributed by atoms with Gasteiger partial charge in [-0.1, -0.05) is 45.1 Å². The molecule has 0 saturated carbocycles. The first-order valence-electron chi connectivity index (χ1n) is 5.97. The Labute approximate surface area is 107 Å². The smallest absolute Gasteiger partial charge is 0.166 e. The van der Waals surface area contributed by atoms with Gasteiger partial charge in [-0.15, -0.1) is 10.2 Å². The van der Waals surface area contributed by atoms with Crippen molar-refractivity contribution < 1.29 is 0 Å². The van der Waals surface area contributed by atoms with Gasteiger partial charge in [-0.3, -0.25) is 4.98 Å². The molecule has 0 unspecified atom stereocenters. The maximum Gasteiger partial charge on any atom is 0.166 e. The molecule has 0 aliphatic carbocycles. The molecule has 2 aromatic heterocycles. The molecule has 0 aromatic carbocycles. The second-order valence-electron chi connectivity index (χ2n) is 3.89. The van der Waals surface area contributed by atoms with Crippen LogP contribution in [0.4, 0.5) is 0 Å². The molecule has 2 heterocycles. The summed E-state index contributed by atoms with van der Waals surface area (Å²) in [5.74, 6) is 0.666. The van der Waals surface area contributed by atoms with Gasteiger partial charge in [-0.25, -0.2) is 0 Å². The third-order valence-corrected chi connectivity index (χ3v) is 2.76. The van der Waals surface area contributed by atoms with Crippen LogP contribution >= 0.6 is 11.3 Å². The summed E-state index contributed by atoms with van der Waals surface area (Å²) in [6.45, 7) is 8.41. The summed E-state index contributed by atoms with van der Waals surface area (Å²) >= 11 is 1.51. The maximum absolute atomic E-state index is 4.38. The van der Waals surface area contributed by atoms with E-state index in [1.54, 1.807) is 5.51 Å². The normalized spacial score (nSPS) is 9.94. The SMILES string of the molecule is CC.CC(C)Cc1ccc(-c2nncs2)nc1. The topological polar surface area (TPSA) is 38.7 Å². The molecular formula is C13H19N3S. The minimum atomic E-state index is 0.666. The Bertz CT molecular complexity index is 407. The largest absolute Gasteiger partial charge is 0.253 e. The van der Waals surface area contributed by atoms with Gasteiger partial charge in [0.25, 0.3) is 0 Å². The van der Waals surface area contributed by atoms with Crippen LogP contribution in [0.15, 0.2) is 23.8 Å². The van der Waals surface area contributed by atoms with Crippen LogP contribution in [0.5, 0.6) is 0 Å². The Kier molecular flexibility index (Phi) is 5.77. The molecule has 92 valence electrons. The van der Waals surface area contributed by atoms with Gasteiger partial charge in [0.15, 0.2) is 5.01 Å². The Hall–Kier alpha value is -1.29. The number of rotatable bonds is 3. The van der Waals surface area contributed by atoms with Crippen molar-refractivity contribution in [1.29, 1.82) is 0 Å². The lowest BCUT2D eigenvalue weighted by Crippen LogP contribution is -1.95. The molecule has 0 bridgehead atoms. The van der Waals surface area contributed by atoms with Crippen LogP contribution in [0.25, 0.3) is 10.7 Å². The third-order valence-electron chi connectivity index (χ3n) is 2.05. The molecule has 17 heavy (non-hydrogen) atoms. The van der Waals surface area contributed by atoms with Crippen molar-refractivity contribution in [3.05, 3.63) is 29.4 Å². The third kappa shape index (κ3) is 4.23. The van der Waals surface area contributed by atoms with Crippen LogP contribution in [-0.2, 0) is 6.42 Å². The molecule has 2 rings (SSSR count). The zero-order valence-corrected chi connectivity index (χ0v) is 11.7. The molecule has 0 fully saturated rings. The Morgan fingerprint density at radius 2 is 2.00 bits per heavy atom. The number of nitrogens with zero attached hydrogens (tertiary/aromatic N) is 3. The zero-order valence-electron chi connectivity index (χ0n) is 10.8. The second-order valence-corrected chi connectivity index (χ2v) is 4.73. The highest BCUT2D eigenvalue weighted by molar-refractivity contribution is 7.12. The molecule has 0 spiro atoms. The fourth-order valence-corrected chi connectivity index (χ4v) is 1.96. The van der Waals surface area contributed by atoms with E-state index in [1.165, 1.54) is 16.9 Å². The molecule has 0 saturated heterocycles. The fourth-order valence-electron chi connectivity index (χ4n) is 1.43. The summed E-state index contributed by atoms with van der Waals surface area (Å²) in [5.41, 5.74) is 3.90. The minimum absolute atomic E-state index is 0.666. The van der Waals surface area contributed by atoms with Gasteiger partial charge in [-0.05, 0) is 24.0 Å². The number of pyridine rings is 1. The molecule has 4 heteroatoms. The molecule has 0 aliphatic rings. The van der Waals surface area contributed by atoms with Crippen LogP contribution in [0.3, 0.4) is 0 Å². The summed E-state index contributed by atoms with van der Waals surface area (Å²) in [4.78, 5) is 4.38. The molecule has 2 aromatic rings. The second kappa shape index (κ2) is 7.12. The number of hydrogen-bond donors (Lipinski definition) is 0. The van der Waals surface area contributed by atoms with Gasteiger partial charge in [0.2, 0.25) is 0 Å². The Morgan fingerprint density at radius 3 is 2.47 bits per heavy atom. The first kappa shape index (κ1) is 13.8. The molecule has 0 amide bonds. The average molecular weight is 249 g/mol. The summed E-state index contributed by atoms with van der Waals surface area (Å²) < 4.78 is 0. The molecule has 0 radical (unpaired) electrons. The van der Waals surface area contributed by atoms with E-state index in [-0.39, 0.29) is 0 Å². The van der Waals surface area contributed by atoms with Gasteiger partial charge in [-0.2, -0.15) is 0 Å². The molecule has 0 N–H and O–H groups in total. The Balaban J connectivity index is 0.000000686. The van der Waals surface area contributed by atoms with Crippen LogP contribution in [0.2, 0.25) is 0 Å².